The summed E-state index contributed by atoms with van der Waals surface area (Å²) in [5.41, 5.74) is 0. The van der Waals surface area contributed by atoms with Gasteiger partial charge in [-0.25, -0.2) is 4.79 Å². The van der Waals surface area contributed by atoms with Crippen molar-refractivity contribution >= 4 is 5.97 Å². The van der Waals surface area contributed by atoms with Crippen LogP contribution in [0.1, 0.15) is 0 Å². The average Bonchev–Trinajstić information content (AvgIpc) is 2.42. The zero-order valence-electron chi connectivity index (χ0n) is 10.5. The van der Waals surface area contributed by atoms with Crippen molar-refractivity contribution in [1.82, 2.24) is 0 Å². The van der Waals surface area contributed by atoms with Gasteiger partial charge in [0.15, 0.2) is 11.5 Å². The number of esters is 1. The topological polar surface area (TPSA) is 54.0 Å². The summed E-state index contributed by atoms with van der Waals surface area (Å²) >= 11 is 0. The summed E-state index contributed by atoms with van der Waals surface area (Å²) < 4.78 is 19.9. The average molecular weight is 250 g/mol. The highest BCUT2D eigenvalue weighted by atomic mass is 16.5. The van der Waals surface area contributed by atoms with E-state index in [1.807, 2.05) is 0 Å². The molecule has 0 radical (unpaired) electrons. The predicted octanol–water partition coefficient (Wildman–Crippen LogP) is 1.26. The maximum Gasteiger partial charge on any atom is 0.384 e. The normalized spacial score (nSPS) is 8.83. The molecular formula is C13H14O5. The van der Waals surface area contributed by atoms with Crippen LogP contribution in [0.2, 0.25) is 0 Å². The minimum Gasteiger partial charge on any atom is -0.493 e. The predicted molar refractivity (Wildman–Crippen MR) is 64.8 cm³/mol. The molecule has 0 aromatic heterocycles. The first-order valence-electron chi connectivity index (χ1n) is 5.13. The van der Waals surface area contributed by atoms with Crippen molar-refractivity contribution in [2.24, 2.45) is 0 Å². The second kappa shape index (κ2) is 7.07. The third-order valence-corrected chi connectivity index (χ3v) is 2.04. The lowest BCUT2D eigenvalue weighted by atomic mass is 10.3. The van der Waals surface area contributed by atoms with Crippen LogP contribution >= 0.6 is 0 Å². The molecular weight excluding hydrogens is 236 g/mol. The van der Waals surface area contributed by atoms with Gasteiger partial charge in [0.1, 0.15) is 12.4 Å². The van der Waals surface area contributed by atoms with Gasteiger partial charge in [-0.3, -0.25) is 0 Å². The van der Waals surface area contributed by atoms with Gasteiger partial charge in [0.05, 0.1) is 21.3 Å². The Morgan fingerprint density at radius 1 is 1.17 bits per heavy atom. The first kappa shape index (κ1) is 13.7. The molecule has 0 heterocycles. The quantitative estimate of drug-likeness (QED) is 0.457. The highest BCUT2D eigenvalue weighted by Crippen LogP contribution is 2.30. The fraction of sp³-hybridized carbons (Fsp3) is 0.308. The van der Waals surface area contributed by atoms with Crippen LogP contribution in [0.15, 0.2) is 18.2 Å². The standard InChI is InChI=1S/C13H14O5/c1-15-11-7-6-10(9-12(11)16-2)18-8-4-5-13(14)17-3/h6-7,9H,8H2,1-3H3. The molecule has 0 aliphatic carbocycles. The van der Waals surface area contributed by atoms with Crippen molar-refractivity contribution in [3.8, 4) is 29.1 Å². The van der Waals surface area contributed by atoms with Crippen molar-refractivity contribution in [2.45, 2.75) is 0 Å². The zero-order chi connectivity index (χ0) is 13.4. The third kappa shape index (κ3) is 3.91. The lowest BCUT2D eigenvalue weighted by Crippen LogP contribution is -1.99. The molecule has 0 saturated carbocycles. The van der Waals surface area contributed by atoms with E-state index < -0.39 is 5.97 Å². The Balaban J connectivity index is 2.62. The van der Waals surface area contributed by atoms with E-state index in [1.165, 1.54) is 7.11 Å². The van der Waals surface area contributed by atoms with Crippen molar-refractivity contribution < 1.29 is 23.7 Å². The number of methoxy groups -OCH3 is 3. The highest BCUT2D eigenvalue weighted by molar-refractivity contribution is 5.88. The molecule has 18 heavy (non-hydrogen) atoms. The molecule has 5 heteroatoms. The molecule has 0 N–H and O–H groups in total. The molecule has 1 aromatic rings. The number of rotatable bonds is 4. The zero-order valence-corrected chi connectivity index (χ0v) is 10.5. The Hall–Kier alpha value is -2.35. The largest absolute Gasteiger partial charge is 0.493 e. The molecule has 1 rings (SSSR count). The monoisotopic (exact) mass is 250 g/mol. The van der Waals surface area contributed by atoms with Crippen LogP contribution in [-0.4, -0.2) is 33.9 Å². The van der Waals surface area contributed by atoms with E-state index >= 15 is 0 Å². The Morgan fingerprint density at radius 2 is 1.89 bits per heavy atom. The fourth-order valence-corrected chi connectivity index (χ4v) is 1.19. The molecule has 0 amide bonds. The van der Waals surface area contributed by atoms with Gasteiger partial charge >= 0.3 is 5.97 Å². The number of hydrogen-bond acceptors (Lipinski definition) is 5. The van der Waals surface area contributed by atoms with Crippen LogP contribution < -0.4 is 14.2 Å². The number of carbonyl (C=O) groups is 1. The number of carbonyl (C=O) groups excluding carboxylic acids is 1. The molecule has 0 unspecified atom stereocenters. The van der Waals surface area contributed by atoms with Gasteiger partial charge < -0.3 is 18.9 Å². The van der Waals surface area contributed by atoms with Crippen LogP contribution in [0.3, 0.4) is 0 Å². The molecule has 5 nitrogen and oxygen atoms in total. The first-order chi connectivity index (χ1) is 8.71. The van der Waals surface area contributed by atoms with Crippen LogP contribution in [0, 0.1) is 11.8 Å². The van der Waals surface area contributed by atoms with Gasteiger partial charge in [-0.1, -0.05) is 0 Å². The molecule has 0 aliphatic rings. The van der Waals surface area contributed by atoms with Crippen molar-refractivity contribution in [1.29, 1.82) is 0 Å². The second-order valence-corrected chi connectivity index (χ2v) is 3.10. The van der Waals surface area contributed by atoms with Crippen LogP contribution in [-0.2, 0) is 9.53 Å². The minimum absolute atomic E-state index is 0.0879. The van der Waals surface area contributed by atoms with Gasteiger partial charge in [-0.05, 0) is 18.1 Å². The first-order valence-corrected chi connectivity index (χ1v) is 5.13. The molecule has 96 valence electrons. The summed E-state index contributed by atoms with van der Waals surface area (Å²) in [6.45, 7) is 0.0879. The molecule has 0 spiro atoms. The maximum atomic E-state index is 10.7. The van der Waals surface area contributed by atoms with Gasteiger partial charge in [-0.15, -0.1) is 0 Å². The van der Waals surface area contributed by atoms with Crippen molar-refractivity contribution in [3.63, 3.8) is 0 Å². The number of ether oxygens (including phenoxy) is 4. The summed E-state index contributed by atoms with van der Waals surface area (Å²) in [5, 5.41) is 0. The number of benzene rings is 1. The summed E-state index contributed by atoms with van der Waals surface area (Å²) in [4.78, 5) is 10.7. The maximum absolute atomic E-state index is 10.7. The van der Waals surface area contributed by atoms with E-state index in [9.17, 15) is 4.79 Å². The lowest BCUT2D eigenvalue weighted by Gasteiger charge is -2.09. The Labute approximate surface area is 106 Å². The van der Waals surface area contributed by atoms with Crippen LogP contribution in [0.25, 0.3) is 0 Å². The summed E-state index contributed by atoms with van der Waals surface area (Å²) in [6.07, 6.45) is 0. The highest BCUT2D eigenvalue weighted by Gasteiger charge is 2.04. The molecule has 1 aromatic carbocycles. The summed E-state index contributed by atoms with van der Waals surface area (Å²) in [7, 11) is 4.37. The SMILES string of the molecule is COC(=O)C#CCOc1ccc(OC)c(OC)c1. The Kier molecular flexibility index (Phi) is 5.39. The summed E-state index contributed by atoms with van der Waals surface area (Å²) in [5.74, 6) is 5.96. The molecule has 0 fully saturated rings. The Morgan fingerprint density at radius 3 is 2.50 bits per heavy atom. The molecule has 0 saturated heterocycles. The van der Waals surface area contributed by atoms with Crippen molar-refractivity contribution in [2.75, 3.05) is 27.9 Å². The van der Waals surface area contributed by atoms with E-state index in [0.29, 0.717) is 17.2 Å². The van der Waals surface area contributed by atoms with E-state index in [1.54, 1.807) is 32.4 Å². The van der Waals surface area contributed by atoms with Crippen molar-refractivity contribution in [3.05, 3.63) is 18.2 Å². The second-order valence-electron chi connectivity index (χ2n) is 3.10. The van der Waals surface area contributed by atoms with Gasteiger partial charge in [0.25, 0.3) is 0 Å². The molecule has 0 bridgehead atoms. The minimum atomic E-state index is -0.592. The number of hydrogen-bond donors (Lipinski definition) is 0. The van der Waals surface area contributed by atoms with Gasteiger partial charge in [0.2, 0.25) is 0 Å². The fourth-order valence-electron chi connectivity index (χ4n) is 1.19. The molecule has 0 aliphatic heterocycles. The van der Waals surface area contributed by atoms with E-state index in [-0.39, 0.29) is 6.61 Å². The third-order valence-electron chi connectivity index (χ3n) is 2.04. The molecule has 0 atom stereocenters. The van der Waals surface area contributed by atoms with E-state index in [4.69, 9.17) is 14.2 Å². The lowest BCUT2D eigenvalue weighted by molar-refractivity contribution is -0.133. The van der Waals surface area contributed by atoms with Crippen LogP contribution in [0.4, 0.5) is 0 Å². The smallest absolute Gasteiger partial charge is 0.384 e. The summed E-state index contributed by atoms with van der Waals surface area (Å²) in [6, 6.07) is 5.13. The van der Waals surface area contributed by atoms with E-state index in [0.717, 1.165) is 0 Å². The van der Waals surface area contributed by atoms with Gasteiger partial charge in [-0.2, -0.15) is 0 Å². The van der Waals surface area contributed by atoms with Crippen LogP contribution in [0.5, 0.6) is 17.2 Å². The Bertz CT molecular complexity index is 470. The van der Waals surface area contributed by atoms with E-state index in [2.05, 4.69) is 16.6 Å². The van der Waals surface area contributed by atoms with Gasteiger partial charge in [0, 0.05) is 12.0 Å².